The number of ether oxygens (including phenoxy) is 1. The van der Waals surface area contributed by atoms with Crippen molar-refractivity contribution in [2.24, 2.45) is 7.05 Å². The van der Waals surface area contributed by atoms with Crippen molar-refractivity contribution in [1.82, 2.24) is 30.1 Å². The molecule has 2 aliphatic rings. The lowest BCUT2D eigenvalue weighted by Crippen LogP contribution is -2.49. The third-order valence-electron chi connectivity index (χ3n) is 4.72. The standard InChI is InChI=1S/C16H22N8O2/c1-21-12-14(18-20-21)16(25)24-4-2-22(3-5-24)13-10-15(19-17-11-13)23-6-8-26-9-7-23/h10-12H,2-9H2,1H3. The highest BCUT2D eigenvalue weighted by atomic mass is 16.5. The number of hydrogen-bond donors (Lipinski definition) is 0. The van der Waals surface area contributed by atoms with Crippen LogP contribution in [0.3, 0.4) is 0 Å². The Hall–Kier alpha value is -2.75. The van der Waals surface area contributed by atoms with Gasteiger partial charge in [0.2, 0.25) is 0 Å². The molecule has 138 valence electrons. The summed E-state index contributed by atoms with van der Waals surface area (Å²) in [6.45, 7) is 5.89. The highest BCUT2D eigenvalue weighted by Gasteiger charge is 2.25. The molecular formula is C16H22N8O2. The quantitative estimate of drug-likeness (QED) is 0.718. The number of piperazine rings is 1. The molecule has 2 aromatic heterocycles. The first-order chi connectivity index (χ1) is 12.7. The Morgan fingerprint density at radius 1 is 1.04 bits per heavy atom. The largest absolute Gasteiger partial charge is 0.378 e. The topological polar surface area (TPSA) is 92.5 Å². The molecule has 0 bridgehead atoms. The average molecular weight is 358 g/mol. The van der Waals surface area contributed by atoms with Gasteiger partial charge in [0.1, 0.15) is 0 Å². The van der Waals surface area contributed by atoms with Gasteiger partial charge >= 0.3 is 0 Å². The van der Waals surface area contributed by atoms with Crippen LogP contribution in [0.15, 0.2) is 18.5 Å². The van der Waals surface area contributed by atoms with E-state index in [-0.39, 0.29) is 5.91 Å². The zero-order valence-electron chi connectivity index (χ0n) is 14.8. The second kappa shape index (κ2) is 7.24. The summed E-state index contributed by atoms with van der Waals surface area (Å²) in [5, 5.41) is 16.2. The first kappa shape index (κ1) is 16.7. The summed E-state index contributed by atoms with van der Waals surface area (Å²) in [6, 6.07) is 2.07. The average Bonchev–Trinajstić information content (AvgIpc) is 3.15. The van der Waals surface area contributed by atoms with Crippen molar-refractivity contribution in [3.05, 3.63) is 24.2 Å². The van der Waals surface area contributed by atoms with E-state index in [1.54, 1.807) is 24.1 Å². The van der Waals surface area contributed by atoms with Gasteiger partial charge < -0.3 is 19.4 Å². The Kier molecular flexibility index (Phi) is 4.65. The Balaban J connectivity index is 1.39. The zero-order chi connectivity index (χ0) is 17.9. The van der Waals surface area contributed by atoms with Crippen LogP contribution in [0.2, 0.25) is 0 Å². The maximum absolute atomic E-state index is 12.5. The van der Waals surface area contributed by atoms with Crippen LogP contribution < -0.4 is 9.80 Å². The van der Waals surface area contributed by atoms with Crippen molar-refractivity contribution in [3.8, 4) is 0 Å². The number of amides is 1. The smallest absolute Gasteiger partial charge is 0.276 e. The SMILES string of the molecule is Cn1cc(C(=O)N2CCN(c3cnnc(N4CCOCC4)c3)CC2)nn1. The van der Waals surface area contributed by atoms with E-state index >= 15 is 0 Å². The zero-order valence-corrected chi connectivity index (χ0v) is 14.8. The van der Waals surface area contributed by atoms with Crippen molar-refractivity contribution >= 4 is 17.4 Å². The van der Waals surface area contributed by atoms with Gasteiger partial charge in [-0.2, -0.15) is 5.10 Å². The van der Waals surface area contributed by atoms with Gasteiger partial charge in [-0.15, -0.1) is 10.2 Å². The predicted octanol–water partition coefficient (Wildman–Crippen LogP) is -0.596. The Labute approximate surface area is 151 Å². The van der Waals surface area contributed by atoms with Crippen LogP contribution in [0.25, 0.3) is 0 Å². The summed E-state index contributed by atoms with van der Waals surface area (Å²) in [6.07, 6.45) is 3.43. The monoisotopic (exact) mass is 358 g/mol. The van der Waals surface area contributed by atoms with Gasteiger partial charge in [-0.05, 0) is 0 Å². The second-order valence-corrected chi connectivity index (χ2v) is 6.43. The maximum Gasteiger partial charge on any atom is 0.276 e. The first-order valence-corrected chi connectivity index (χ1v) is 8.77. The molecule has 0 aromatic carbocycles. The molecule has 4 heterocycles. The van der Waals surface area contributed by atoms with Crippen LogP contribution in [0, 0.1) is 0 Å². The lowest BCUT2D eigenvalue weighted by Gasteiger charge is -2.36. The molecule has 2 aromatic rings. The molecule has 0 unspecified atom stereocenters. The molecule has 0 radical (unpaired) electrons. The van der Waals surface area contributed by atoms with Crippen molar-refractivity contribution in [1.29, 1.82) is 0 Å². The van der Waals surface area contributed by atoms with Crippen LogP contribution in [-0.4, -0.2) is 88.5 Å². The number of anilines is 2. The number of aromatic nitrogens is 5. The van der Waals surface area contributed by atoms with E-state index in [1.807, 2.05) is 4.90 Å². The van der Waals surface area contributed by atoms with Crippen molar-refractivity contribution in [3.63, 3.8) is 0 Å². The number of rotatable bonds is 3. The first-order valence-electron chi connectivity index (χ1n) is 8.77. The third-order valence-corrected chi connectivity index (χ3v) is 4.72. The molecule has 0 spiro atoms. The number of morpholine rings is 1. The summed E-state index contributed by atoms with van der Waals surface area (Å²) in [5.74, 6) is 0.809. The molecular weight excluding hydrogens is 336 g/mol. The molecule has 2 aliphatic heterocycles. The fourth-order valence-corrected chi connectivity index (χ4v) is 3.24. The second-order valence-electron chi connectivity index (χ2n) is 6.43. The van der Waals surface area contributed by atoms with Crippen molar-refractivity contribution in [2.75, 3.05) is 62.3 Å². The van der Waals surface area contributed by atoms with E-state index in [2.05, 4.69) is 36.4 Å². The molecule has 0 aliphatic carbocycles. The molecule has 26 heavy (non-hydrogen) atoms. The van der Waals surface area contributed by atoms with Crippen LogP contribution in [0.1, 0.15) is 10.5 Å². The number of carbonyl (C=O) groups is 1. The number of carbonyl (C=O) groups excluding carboxylic acids is 1. The summed E-state index contributed by atoms with van der Waals surface area (Å²) >= 11 is 0. The van der Waals surface area contributed by atoms with Gasteiger partial charge in [0.25, 0.3) is 5.91 Å². The van der Waals surface area contributed by atoms with E-state index in [0.29, 0.717) is 18.8 Å². The highest BCUT2D eigenvalue weighted by molar-refractivity contribution is 5.92. The van der Waals surface area contributed by atoms with E-state index in [1.165, 1.54) is 0 Å². The van der Waals surface area contributed by atoms with Gasteiger partial charge in [0.05, 0.1) is 31.3 Å². The van der Waals surface area contributed by atoms with Crippen LogP contribution in [0.5, 0.6) is 0 Å². The van der Waals surface area contributed by atoms with E-state index in [9.17, 15) is 4.79 Å². The Morgan fingerprint density at radius 2 is 1.81 bits per heavy atom. The lowest BCUT2D eigenvalue weighted by atomic mass is 10.2. The van der Waals surface area contributed by atoms with E-state index in [4.69, 9.17) is 4.74 Å². The summed E-state index contributed by atoms with van der Waals surface area (Å²) in [5.41, 5.74) is 1.43. The van der Waals surface area contributed by atoms with Gasteiger partial charge in [0, 0.05) is 52.4 Å². The van der Waals surface area contributed by atoms with Gasteiger partial charge in [-0.25, -0.2) is 0 Å². The van der Waals surface area contributed by atoms with Crippen LogP contribution in [0.4, 0.5) is 11.5 Å². The van der Waals surface area contributed by atoms with Gasteiger partial charge in [-0.1, -0.05) is 5.21 Å². The number of hydrogen-bond acceptors (Lipinski definition) is 8. The summed E-state index contributed by atoms with van der Waals surface area (Å²) in [7, 11) is 1.75. The van der Waals surface area contributed by atoms with Gasteiger partial charge in [-0.3, -0.25) is 9.48 Å². The fourth-order valence-electron chi connectivity index (χ4n) is 3.24. The molecule has 2 saturated heterocycles. The molecule has 0 saturated carbocycles. The summed E-state index contributed by atoms with van der Waals surface area (Å²) < 4.78 is 6.93. The van der Waals surface area contributed by atoms with E-state index < -0.39 is 0 Å². The minimum absolute atomic E-state index is 0.0698. The minimum Gasteiger partial charge on any atom is -0.378 e. The van der Waals surface area contributed by atoms with Crippen LogP contribution >= 0.6 is 0 Å². The molecule has 0 N–H and O–H groups in total. The summed E-state index contributed by atoms with van der Waals surface area (Å²) in [4.78, 5) is 18.7. The molecule has 0 atom stereocenters. The number of aryl methyl sites for hydroxylation is 1. The van der Waals surface area contributed by atoms with Crippen molar-refractivity contribution in [2.45, 2.75) is 0 Å². The van der Waals surface area contributed by atoms with Crippen molar-refractivity contribution < 1.29 is 9.53 Å². The minimum atomic E-state index is -0.0698. The molecule has 10 heteroatoms. The maximum atomic E-state index is 12.5. The van der Waals surface area contributed by atoms with E-state index in [0.717, 1.165) is 50.9 Å². The Morgan fingerprint density at radius 3 is 2.50 bits per heavy atom. The predicted molar refractivity (Wildman–Crippen MR) is 94.2 cm³/mol. The van der Waals surface area contributed by atoms with Crippen LogP contribution in [-0.2, 0) is 11.8 Å². The fraction of sp³-hybridized carbons (Fsp3) is 0.562. The highest BCUT2D eigenvalue weighted by Crippen LogP contribution is 2.21. The molecule has 2 fully saturated rings. The molecule has 4 rings (SSSR count). The Bertz CT molecular complexity index is 765. The third kappa shape index (κ3) is 3.45. The lowest BCUT2D eigenvalue weighted by molar-refractivity contribution is 0.0740. The van der Waals surface area contributed by atoms with Gasteiger partial charge in [0.15, 0.2) is 11.5 Å². The molecule has 10 nitrogen and oxygen atoms in total. The number of nitrogens with zero attached hydrogens (tertiary/aromatic N) is 8. The molecule has 1 amide bonds. The normalized spacial score (nSPS) is 18.3.